The zero-order valence-electron chi connectivity index (χ0n) is 21.2. The van der Waals surface area contributed by atoms with Crippen LogP contribution in [0.3, 0.4) is 0 Å². The number of amides is 1. The number of nitrogens with zero attached hydrogens (tertiary/aromatic N) is 2. The second kappa shape index (κ2) is 11.2. The lowest BCUT2D eigenvalue weighted by atomic mass is 10.0. The monoisotopic (exact) mass is 553 g/mol. The van der Waals surface area contributed by atoms with Crippen molar-refractivity contribution in [3.05, 3.63) is 75.6 Å². The molecule has 1 amide bonds. The third kappa shape index (κ3) is 4.80. The van der Waals surface area contributed by atoms with Gasteiger partial charge in [-0.25, -0.2) is 0 Å². The quantitative estimate of drug-likeness (QED) is 0.261. The van der Waals surface area contributed by atoms with Crippen LogP contribution in [-0.4, -0.2) is 36.8 Å². The van der Waals surface area contributed by atoms with Gasteiger partial charge in [0.2, 0.25) is 5.91 Å². The highest BCUT2D eigenvalue weighted by atomic mass is 35.5. The van der Waals surface area contributed by atoms with Crippen molar-refractivity contribution in [3.63, 3.8) is 0 Å². The van der Waals surface area contributed by atoms with Crippen molar-refractivity contribution in [1.82, 2.24) is 9.55 Å². The maximum atomic E-state index is 13.8. The molecule has 196 valence electrons. The Bertz CT molecular complexity index is 1600. The Morgan fingerprint density at radius 2 is 1.66 bits per heavy atom. The molecular formula is C28H25Cl2N3O5. The Hall–Kier alpha value is -4.01. The van der Waals surface area contributed by atoms with Gasteiger partial charge in [-0.05, 0) is 43.3 Å². The number of halogens is 2. The van der Waals surface area contributed by atoms with E-state index in [-0.39, 0.29) is 27.1 Å². The predicted octanol–water partition coefficient (Wildman–Crippen LogP) is 6.21. The summed E-state index contributed by atoms with van der Waals surface area (Å²) in [7, 11) is 4.49. The first-order valence-electron chi connectivity index (χ1n) is 11.5. The lowest BCUT2D eigenvalue weighted by Crippen LogP contribution is -2.21. The van der Waals surface area contributed by atoms with E-state index in [1.54, 1.807) is 54.3 Å². The molecule has 0 fully saturated rings. The van der Waals surface area contributed by atoms with Crippen LogP contribution in [0.1, 0.15) is 6.92 Å². The molecule has 0 atom stereocenters. The summed E-state index contributed by atoms with van der Waals surface area (Å²) in [6, 6.07) is 10.3. The van der Waals surface area contributed by atoms with E-state index in [0.717, 1.165) is 0 Å². The van der Waals surface area contributed by atoms with Crippen LogP contribution in [-0.2, 0) is 11.3 Å². The number of hydrogen-bond donors (Lipinski definition) is 1. The van der Waals surface area contributed by atoms with Gasteiger partial charge in [-0.1, -0.05) is 29.8 Å². The van der Waals surface area contributed by atoms with Crippen molar-refractivity contribution in [2.24, 2.45) is 0 Å². The molecule has 4 rings (SSSR count). The molecule has 0 aliphatic carbocycles. The lowest BCUT2D eigenvalue weighted by molar-refractivity contribution is -0.111. The molecule has 0 saturated carbocycles. The average Bonchev–Trinajstić information content (AvgIpc) is 2.93. The molecule has 0 spiro atoms. The Morgan fingerprint density at radius 1 is 1.00 bits per heavy atom. The summed E-state index contributed by atoms with van der Waals surface area (Å²) < 4.78 is 17.9. The van der Waals surface area contributed by atoms with Crippen molar-refractivity contribution in [1.29, 1.82) is 0 Å². The molecule has 0 aliphatic heterocycles. The minimum Gasteiger partial charge on any atom is -0.496 e. The summed E-state index contributed by atoms with van der Waals surface area (Å²) in [6.07, 6.45) is 2.85. The number of pyridine rings is 2. The van der Waals surface area contributed by atoms with E-state index in [0.29, 0.717) is 57.2 Å². The maximum Gasteiger partial charge on any atom is 0.259 e. The maximum absolute atomic E-state index is 13.8. The van der Waals surface area contributed by atoms with E-state index in [2.05, 4.69) is 16.9 Å². The number of carbonyl (C=O) groups is 1. The first-order chi connectivity index (χ1) is 18.3. The molecule has 38 heavy (non-hydrogen) atoms. The first-order valence-corrected chi connectivity index (χ1v) is 12.3. The second-order valence-electron chi connectivity index (χ2n) is 8.13. The number of fused-ring (bicyclic) bond motifs is 1. The number of benzene rings is 2. The van der Waals surface area contributed by atoms with E-state index in [9.17, 15) is 9.59 Å². The summed E-state index contributed by atoms with van der Waals surface area (Å²) in [4.78, 5) is 30.2. The fourth-order valence-electron chi connectivity index (χ4n) is 4.21. The van der Waals surface area contributed by atoms with Crippen LogP contribution in [0.15, 0.2) is 60.0 Å². The zero-order chi connectivity index (χ0) is 27.6. The van der Waals surface area contributed by atoms with Crippen LogP contribution in [0.25, 0.3) is 33.3 Å². The lowest BCUT2D eigenvalue weighted by Gasteiger charge is -2.17. The van der Waals surface area contributed by atoms with Crippen molar-refractivity contribution in [3.8, 4) is 39.6 Å². The number of anilines is 1. The van der Waals surface area contributed by atoms with Crippen LogP contribution >= 0.6 is 23.2 Å². The summed E-state index contributed by atoms with van der Waals surface area (Å²) in [6.45, 7) is 5.72. The number of aromatic nitrogens is 2. The van der Waals surface area contributed by atoms with E-state index in [1.807, 2.05) is 6.92 Å². The van der Waals surface area contributed by atoms with Gasteiger partial charge < -0.3 is 24.1 Å². The van der Waals surface area contributed by atoms with Crippen LogP contribution in [0.4, 0.5) is 5.69 Å². The minimum atomic E-state index is -0.341. The molecule has 4 aromatic rings. The van der Waals surface area contributed by atoms with Gasteiger partial charge in [0.15, 0.2) is 0 Å². The predicted molar refractivity (Wildman–Crippen MR) is 151 cm³/mol. The molecule has 2 aromatic heterocycles. The van der Waals surface area contributed by atoms with Gasteiger partial charge in [-0.2, -0.15) is 0 Å². The highest BCUT2D eigenvalue weighted by Gasteiger charge is 2.23. The fourth-order valence-corrected chi connectivity index (χ4v) is 4.92. The number of methoxy groups -OCH3 is 3. The number of hydrogen-bond acceptors (Lipinski definition) is 6. The average molecular weight is 554 g/mol. The molecule has 2 heterocycles. The molecule has 0 bridgehead atoms. The molecule has 8 nitrogen and oxygen atoms in total. The topological polar surface area (TPSA) is 91.7 Å². The van der Waals surface area contributed by atoms with Crippen LogP contribution in [0.5, 0.6) is 17.2 Å². The number of aryl methyl sites for hydroxylation is 1. The van der Waals surface area contributed by atoms with Crippen LogP contribution in [0, 0.1) is 0 Å². The van der Waals surface area contributed by atoms with Crippen LogP contribution in [0.2, 0.25) is 10.0 Å². The van der Waals surface area contributed by atoms with Gasteiger partial charge in [0.1, 0.15) is 17.2 Å². The summed E-state index contributed by atoms with van der Waals surface area (Å²) >= 11 is 13.2. The molecule has 0 unspecified atom stereocenters. The zero-order valence-corrected chi connectivity index (χ0v) is 22.7. The van der Waals surface area contributed by atoms with Gasteiger partial charge in [-0.15, -0.1) is 0 Å². The Labute approximate surface area is 229 Å². The van der Waals surface area contributed by atoms with Gasteiger partial charge >= 0.3 is 0 Å². The van der Waals surface area contributed by atoms with E-state index >= 15 is 0 Å². The Kier molecular flexibility index (Phi) is 7.94. The van der Waals surface area contributed by atoms with Gasteiger partial charge in [0.05, 0.1) is 48.1 Å². The molecule has 10 heteroatoms. The smallest absolute Gasteiger partial charge is 0.259 e. The summed E-state index contributed by atoms with van der Waals surface area (Å²) in [5.41, 5.74) is 2.69. The van der Waals surface area contributed by atoms with E-state index < -0.39 is 0 Å². The first kappa shape index (κ1) is 27.0. The standard InChI is InChI=1S/C28H25Cl2N3O5/c1-6-24(34)32-16-8-9-21(36-3)17(11-16)19-12-20-15(14-31-19)10-18(28(35)33(20)7-2)25-26(29)22(37-4)13-23(38-5)27(25)30/h6,8-14H,1,7H2,2-5H3,(H,32,34). The second-order valence-corrected chi connectivity index (χ2v) is 8.88. The van der Waals surface area contributed by atoms with Crippen molar-refractivity contribution >= 4 is 45.7 Å². The molecule has 1 N–H and O–H groups in total. The number of nitrogens with one attached hydrogen (secondary N) is 1. The molecule has 2 aromatic carbocycles. The number of carbonyl (C=O) groups excluding carboxylic acids is 1. The number of rotatable bonds is 8. The van der Waals surface area contributed by atoms with Crippen molar-refractivity contribution in [2.45, 2.75) is 13.5 Å². The molecular weight excluding hydrogens is 529 g/mol. The Morgan fingerprint density at radius 3 is 2.24 bits per heavy atom. The van der Waals surface area contributed by atoms with Gasteiger partial charge in [0.25, 0.3) is 5.56 Å². The normalized spacial score (nSPS) is 10.8. The third-order valence-electron chi connectivity index (χ3n) is 6.07. The third-order valence-corrected chi connectivity index (χ3v) is 6.82. The van der Waals surface area contributed by atoms with Crippen molar-refractivity contribution in [2.75, 3.05) is 26.6 Å². The van der Waals surface area contributed by atoms with Crippen molar-refractivity contribution < 1.29 is 19.0 Å². The SMILES string of the molecule is C=CC(=O)Nc1ccc(OC)c(-c2cc3c(cn2)cc(-c2c(Cl)c(OC)cc(OC)c2Cl)c(=O)n3CC)c1. The van der Waals surface area contributed by atoms with Gasteiger partial charge in [-0.3, -0.25) is 14.6 Å². The molecule has 0 aliphatic rings. The van der Waals surface area contributed by atoms with E-state index in [4.69, 9.17) is 37.4 Å². The molecule has 0 saturated heterocycles. The van der Waals surface area contributed by atoms with Crippen LogP contribution < -0.4 is 25.1 Å². The molecule has 0 radical (unpaired) electrons. The van der Waals surface area contributed by atoms with E-state index in [1.165, 1.54) is 20.3 Å². The highest BCUT2D eigenvalue weighted by molar-refractivity contribution is 6.41. The minimum absolute atomic E-state index is 0.199. The largest absolute Gasteiger partial charge is 0.496 e. The highest BCUT2D eigenvalue weighted by Crippen LogP contribution is 2.45. The van der Waals surface area contributed by atoms with Gasteiger partial charge in [0, 0.05) is 41.0 Å². The Balaban J connectivity index is 1.96. The summed E-state index contributed by atoms with van der Waals surface area (Å²) in [5.74, 6) is 0.868. The number of ether oxygens (including phenoxy) is 3. The summed E-state index contributed by atoms with van der Waals surface area (Å²) in [5, 5.41) is 3.82. The fraction of sp³-hybridized carbons (Fsp3) is 0.179.